The van der Waals surface area contributed by atoms with E-state index in [4.69, 9.17) is 0 Å². The van der Waals surface area contributed by atoms with Crippen LogP contribution in [0.2, 0.25) is 0 Å². The van der Waals surface area contributed by atoms with Crippen molar-refractivity contribution in [1.29, 1.82) is 0 Å². The molecule has 0 radical (unpaired) electrons. The molecule has 1 heterocycles. The third kappa shape index (κ3) is 6.57. The number of nitrogens with one attached hydrogen (secondary N) is 1. The molecule has 7 nitrogen and oxygen atoms in total. The largest absolute Gasteiger partial charge is 0.471 e. The number of benzene rings is 2. The number of hydrogen-bond acceptors (Lipinski definition) is 4. The summed E-state index contributed by atoms with van der Waals surface area (Å²) in [5.41, 5.74) is 1.65. The molecule has 0 bridgehead atoms. The number of Topliss-reactive ketones (excluding diaryl/α,β-unsaturated/α-hetero) is 1. The van der Waals surface area contributed by atoms with Crippen molar-refractivity contribution < 1.29 is 27.6 Å². The second-order valence-electron chi connectivity index (χ2n) is 7.93. The summed E-state index contributed by atoms with van der Waals surface area (Å²) in [4.78, 5) is 42.2. The molecule has 1 N–H and O–H groups in total. The fourth-order valence-corrected chi connectivity index (χ4v) is 3.64. The SMILES string of the molecule is CCN1CCN(C(=O)N(Cc2ccc(C(=O)CNC(=O)C(F)(F)F)cc2)c2ccccc2)CC1. The monoisotopic (exact) mass is 476 g/mol. The molecule has 2 aromatic rings. The van der Waals surface area contributed by atoms with E-state index in [1.54, 1.807) is 22.3 Å². The maximum Gasteiger partial charge on any atom is 0.471 e. The van der Waals surface area contributed by atoms with Crippen LogP contribution in [0, 0.1) is 0 Å². The van der Waals surface area contributed by atoms with Gasteiger partial charge >= 0.3 is 18.1 Å². The normalized spacial score (nSPS) is 14.5. The van der Waals surface area contributed by atoms with Crippen molar-refractivity contribution in [3.63, 3.8) is 0 Å². The van der Waals surface area contributed by atoms with Crippen molar-refractivity contribution in [2.24, 2.45) is 0 Å². The van der Waals surface area contributed by atoms with Gasteiger partial charge < -0.3 is 15.1 Å². The number of likely N-dealkylation sites (N-methyl/N-ethyl adjacent to an activating group) is 1. The standard InChI is InChI=1S/C24H27F3N4O3/c1-2-29-12-14-30(15-13-29)23(34)31(20-6-4-3-5-7-20)17-18-8-10-19(11-9-18)21(32)16-28-22(33)24(25,26)27/h3-11H,2,12-17H2,1H3,(H,28,33). The van der Waals surface area contributed by atoms with E-state index in [0.29, 0.717) is 13.1 Å². The summed E-state index contributed by atoms with van der Waals surface area (Å²) in [6.07, 6.45) is -5.04. The topological polar surface area (TPSA) is 73.0 Å². The average molecular weight is 476 g/mol. The van der Waals surface area contributed by atoms with Crippen LogP contribution in [0.4, 0.5) is 23.7 Å². The number of carbonyl (C=O) groups excluding carboxylic acids is 3. The second kappa shape index (κ2) is 11.1. The average Bonchev–Trinajstić information content (AvgIpc) is 2.85. The van der Waals surface area contributed by atoms with Gasteiger partial charge in [-0.15, -0.1) is 0 Å². The van der Waals surface area contributed by atoms with Crippen LogP contribution < -0.4 is 10.2 Å². The van der Waals surface area contributed by atoms with Gasteiger partial charge in [0.25, 0.3) is 0 Å². The summed E-state index contributed by atoms with van der Waals surface area (Å²) >= 11 is 0. The Kier molecular flexibility index (Phi) is 8.27. The smallest absolute Gasteiger partial charge is 0.341 e. The summed E-state index contributed by atoms with van der Waals surface area (Å²) in [6, 6.07) is 15.4. The third-order valence-corrected chi connectivity index (χ3v) is 5.67. The number of rotatable bonds is 7. The Balaban J connectivity index is 1.69. The first-order valence-electron chi connectivity index (χ1n) is 11.0. The molecule has 1 fully saturated rings. The summed E-state index contributed by atoms with van der Waals surface area (Å²) in [5, 5.41) is 1.57. The van der Waals surface area contributed by atoms with Gasteiger partial charge in [0, 0.05) is 37.4 Å². The van der Waals surface area contributed by atoms with Crippen molar-refractivity contribution in [2.75, 3.05) is 44.2 Å². The Morgan fingerprint density at radius 2 is 1.56 bits per heavy atom. The molecule has 2 aromatic carbocycles. The number of anilines is 1. The molecule has 0 atom stereocenters. The van der Waals surface area contributed by atoms with Gasteiger partial charge in [-0.1, -0.05) is 49.4 Å². The molecule has 10 heteroatoms. The molecule has 182 valence electrons. The Morgan fingerprint density at radius 1 is 0.941 bits per heavy atom. The first-order valence-corrected chi connectivity index (χ1v) is 11.0. The van der Waals surface area contributed by atoms with Gasteiger partial charge in [-0.25, -0.2) is 4.79 Å². The molecule has 0 spiro atoms. The summed E-state index contributed by atoms with van der Waals surface area (Å²) in [5.74, 6) is -2.80. The van der Waals surface area contributed by atoms with E-state index in [-0.39, 0.29) is 18.1 Å². The number of para-hydroxylation sites is 1. The van der Waals surface area contributed by atoms with E-state index in [9.17, 15) is 27.6 Å². The summed E-state index contributed by atoms with van der Waals surface area (Å²) < 4.78 is 36.9. The molecule has 1 aliphatic rings. The molecule has 0 aliphatic carbocycles. The molecule has 1 aliphatic heterocycles. The Labute approximate surface area is 196 Å². The van der Waals surface area contributed by atoms with Gasteiger partial charge in [-0.3, -0.25) is 14.5 Å². The molecular formula is C24H27F3N4O3. The number of amides is 3. The first-order chi connectivity index (χ1) is 16.2. The number of halogens is 3. The Morgan fingerprint density at radius 3 is 2.12 bits per heavy atom. The number of urea groups is 1. The lowest BCUT2D eigenvalue weighted by Gasteiger charge is -2.37. The second-order valence-corrected chi connectivity index (χ2v) is 7.93. The van der Waals surface area contributed by atoms with Gasteiger partial charge in [0.15, 0.2) is 5.78 Å². The van der Waals surface area contributed by atoms with Crippen LogP contribution in [0.25, 0.3) is 0 Å². The van der Waals surface area contributed by atoms with E-state index < -0.39 is 24.4 Å². The van der Waals surface area contributed by atoms with Crippen molar-refractivity contribution in [3.05, 3.63) is 65.7 Å². The zero-order valence-corrected chi connectivity index (χ0v) is 18.8. The van der Waals surface area contributed by atoms with Gasteiger partial charge in [0.05, 0.1) is 13.1 Å². The number of carbonyl (C=O) groups is 3. The van der Waals surface area contributed by atoms with Crippen LogP contribution in [-0.4, -0.2) is 73.0 Å². The summed E-state index contributed by atoms with van der Waals surface area (Å²) in [6.45, 7) is 5.42. The van der Waals surface area contributed by atoms with Crippen LogP contribution in [0.1, 0.15) is 22.8 Å². The highest BCUT2D eigenvalue weighted by Gasteiger charge is 2.38. The van der Waals surface area contributed by atoms with E-state index in [0.717, 1.165) is 30.9 Å². The zero-order chi connectivity index (χ0) is 24.7. The van der Waals surface area contributed by atoms with E-state index in [1.165, 1.54) is 12.1 Å². The van der Waals surface area contributed by atoms with E-state index >= 15 is 0 Å². The van der Waals surface area contributed by atoms with Crippen LogP contribution >= 0.6 is 0 Å². The van der Waals surface area contributed by atoms with Crippen LogP contribution in [-0.2, 0) is 11.3 Å². The minimum atomic E-state index is -5.04. The highest BCUT2D eigenvalue weighted by Crippen LogP contribution is 2.20. The minimum Gasteiger partial charge on any atom is -0.341 e. The lowest BCUT2D eigenvalue weighted by molar-refractivity contribution is -0.173. The predicted octanol–water partition coefficient (Wildman–Crippen LogP) is 3.31. The van der Waals surface area contributed by atoms with Crippen LogP contribution in [0.15, 0.2) is 54.6 Å². The van der Waals surface area contributed by atoms with Crippen LogP contribution in [0.5, 0.6) is 0 Å². The molecule has 3 amide bonds. The number of ketones is 1. The third-order valence-electron chi connectivity index (χ3n) is 5.67. The van der Waals surface area contributed by atoms with Gasteiger partial charge in [0.2, 0.25) is 0 Å². The quantitative estimate of drug-likeness (QED) is 0.623. The molecule has 0 saturated carbocycles. The molecule has 34 heavy (non-hydrogen) atoms. The molecule has 0 unspecified atom stereocenters. The van der Waals surface area contributed by atoms with Crippen molar-refractivity contribution >= 4 is 23.4 Å². The molecular weight excluding hydrogens is 449 g/mol. The molecule has 0 aromatic heterocycles. The maximum atomic E-state index is 13.4. The maximum absolute atomic E-state index is 13.4. The highest BCUT2D eigenvalue weighted by atomic mass is 19.4. The number of hydrogen-bond donors (Lipinski definition) is 1. The lowest BCUT2D eigenvalue weighted by atomic mass is 10.1. The van der Waals surface area contributed by atoms with Gasteiger partial charge in [0.1, 0.15) is 0 Å². The Bertz CT molecular complexity index is 989. The highest BCUT2D eigenvalue weighted by molar-refractivity contribution is 5.99. The zero-order valence-electron chi connectivity index (χ0n) is 18.8. The predicted molar refractivity (Wildman–Crippen MR) is 122 cm³/mol. The molecule has 1 saturated heterocycles. The van der Waals surface area contributed by atoms with Gasteiger partial charge in [-0.05, 0) is 24.2 Å². The van der Waals surface area contributed by atoms with E-state index in [1.807, 2.05) is 35.2 Å². The number of alkyl halides is 3. The molecule has 3 rings (SSSR count). The van der Waals surface area contributed by atoms with Gasteiger partial charge in [-0.2, -0.15) is 13.2 Å². The first kappa shape index (κ1) is 25.2. The Hall–Kier alpha value is -3.40. The van der Waals surface area contributed by atoms with Crippen molar-refractivity contribution in [2.45, 2.75) is 19.6 Å². The minimum absolute atomic E-state index is 0.114. The van der Waals surface area contributed by atoms with Crippen molar-refractivity contribution in [3.8, 4) is 0 Å². The van der Waals surface area contributed by atoms with Crippen LogP contribution in [0.3, 0.4) is 0 Å². The van der Waals surface area contributed by atoms with Crippen molar-refractivity contribution in [1.82, 2.24) is 15.1 Å². The summed E-state index contributed by atoms with van der Waals surface area (Å²) in [7, 11) is 0. The fraction of sp³-hybridized carbons (Fsp3) is 0.375. The van der Waals surface area contributed by atoms with E-state index in [2.05, 4.69) is 11.8 Å². The number of nitrogens with zero attached hydrogens (tertiary/aromatic N) is 3. The lowest BCUT2D eigenvalue weighted by Crippen LogP contribution is -2.52. The fourth-order valence-electron chi connectivity index (χ4n) is 3.64. The number of piperazine rings is 1.